The Morgan fingerprint density at radius 1 is 0.673 bits per heavy atom. The molecule has 4 aromatic rings. The van der Waals surface area contributed by atoms with Crippen molar-refractivity contribution in [3.05, 3.63) is 120 Å². The highest BCUT2D eigenvalue weighted by Crippen LogP contribution is 2.52. The first-order valence-electron chi connectivity index (χ1n) is 16.9. The summed E-state index contributed by atoms with van der Waals surface area (Å²) in [6, 6.07) is 32.9. The molecule has 4 aromatic carbocycles. The Balaban J connectivity index is 1.33. The van der Waals surface area contributed by atoms with Gasteiger partial charge in [-0.05, 0) is 79.4 Å². The number of carboxylic acids is 1. The van der Waals surface area contributed by atoms with Gasteiger partial charge in [0.05, 0.1) is 17.3 Å². The summed E-state index contributed by atoms with van der Waals surface area (Å²) >= 11 is 0. The van der Waals surface area contributed by atoms with Gasteiger partial charge in [-0.3, -0.25) is 14.4 Å². The predicted molar refractivity (Wildman–Crippen MR) is 188 cm³/mol. The van der Waals surface area contributed by atoms with Crippen LogP contribution >= 0.6 is 0 Å². The van der Waals surface area contributed by atoms with E-state index in [4.69, 9.17) is 15.2 Å². The summed E-state index contributed by atoms with van der Waals surface area (Å²) in [4.78, 5) is 44.6. The zero-order valence-electron chi connectivity index (χ0n) is 28.3. The second-order valence-electron chi connectivity index (χ2n) is 12.8. The minimum Gasteiger partial charge on any atom is -0.481 e. The fourth-order valence-electron chi connectivity index (χ4n) is 6.64. The van der Waals surface area contributed by atoms with Gasteiger partial charge in [-0.2, -0.15) is 0 Å². The lowest BCUT2D eigenvalue weighted by Gasteiger charge is -2.56. The van der Waals surface area contributed by atoms with E-state index in [0.29, 0.717) is 43.2 Å². The first-order chi connectivity index (χ1) is 23.6. The lowest BCUT2D eigenvalue weighted by atomic mass is 9.49. The molecule has 2 amide bonds. The van der Waals surface area contributed by atoms with Crippen LogP contribution in [0.3, 0.4) is 0 Å². The number of nitrogens with two attached hydrogens (primary N) is 1. The van der Waals surface area contributed by atoms with Crippen molar-refractivity contribution in [1.82, 2.24) is 9.80 Å². The molecule has 0 radical (unpaired) electrons. The summed E-state index contributed by atoms with van der Waals surface area (Å²) < 4.78 is 11.8. The number of aliphatic carboxylic acids is 1. The Hall–Kier alpha value is -5.15. The largest absolute Gasteiger partial charge is 0.481 e. The SMILES string of the molecule is CCCN(Cc1ccc(Oc2ccccc2)cc1)C(=O)C1C(C(=O)O)C(N)C1(C)C(=O)N(CCC)Cc1ccc(Oc2ccccc2)cc1. The third kappa shape index (κ3) is 7.95. The predicted octanol–water partition coefficient (Wildman–Crippen LogP) is 7.11. The fourth-order valence-corrected chi connectivity index (χ4v) is 6.64. The van der Waals surface area contributed by atoms with Gasteiger partial charge in [0.15, 0.2) is 0 Å². The fraction of sp³-hybridized carbons (Fsp3) is 0.325. The van der Waals surface area contributed by atoms with Gasteiger partial charge in [0, 0.05) is 32.2 Å². The van der Waals surface area contributed by atoms with Gasteiger partial charge < -0.3 is 30.1 Å². The van der Waals surface area contributed by atoms with E-state index in [-0.39, 0.29) is 24.9 Å². The van der Waals surface area contributed by atoms with Gasteiger partial charge in [-0.1, -0.05) is 74.5 Å². The highest BCUT2D eigenvalue weighted by molar-refractivity contribution is 5.98. The molecule has 0 heterocycles. The molecule has 1 saturated carbocycles. The number of hydrogen-bond acceptors (Lipinski definition) is 6. The summed E-state index contributed by atoms with van der Waals surface area (Å²) in [6.07, 6.45) is 1.34. The van der Waals surface area contributed by atoms with Crippen molar-refractivity contribution in [1.29, 1.82) is 0 Å². The topological polar surface area (TPSA) is 122 Å². The van der Waals surface area contributed by atoms with Crippen molar-refractivity contribution in [3.8, 4) is 23.0 Å². The summed E-state index contributed by atoms with van der Waals surface area (Å²) in [6.45, 7) is 6.97. The first kappa shape index (κ1) is 35.2. The zero-order chi connectivity index (χ0) is 35.0. The maximum Gasteiger partial charge on any atom is 0.308 e. The summed E-state index contributed by atoms with van der Waals surface area (Å²) in [5.74, 6) is -1.40. The van der Waals surface area contributed by atoms with E-state index < -0.39 is 29.3 Å². The van der Waals surface area contributed by atoms with E-state index in [1.54, 1.807) is 16.7 Å². The van der Waals surface area contributed by atoms with Crippen LogP contribution in [0.1, 0.15) is 44.7 Å². The van der Waals surface area contributed by atoms with Crippen molar-refractivity contribution >= 4 is 17.8 Å². The average molecular weight is 664 g/mol. The van der Waals surface area contributed by atoms with Crippen LogP contribution in [0.25, 0.3) is 0 Å². The van der Waals surface area contributed by atoms with Crippen molar-refractivity contribution in [2.75, 3.05) is 13.1 Å². The van der Waals surface area contributed by atoms with Crippen molar-refractivity contribution in [3.63, 3.8) is 0 Å². The molecule has 0 bridgehead atoms. The Labute approximate surface area is 288 Å². The molecule has 0 aromatic heterocycles. The summed E-state index contributed by atoms with van der Waals surface area (Å²) in [5.41, 5.74) is 6.87. The van der Waals surface area contributed by atoms with Crippen molar-refractivity contribution in [2.45, 2.75) is 52.7 Å². The maximum absolute atomic E-state index is 14.4. The van der Waals surface area contributed by atoms with Crippen LogP contribution in [0, 0.1) is 17.3 Å². The second kappa shape index (κ2) is 15.8. The standard InChI is InChI=1S/C40H45N3O6/c1-4-24-42(26-28-16-20-32(21-17-28)48-30-12-8-6-9-13-30)37(44)35-34(38(45)46)36(41)40(35,3)39(47)43(25-5-2)27-29-18-22-33(23-19-29)49-31-14-10-7-11-15-31/h6-23,34-36H,4-5,24-27,41H2,1-3H3,(H,45,46). The van der Waals surface area contributed by atoms with Crippen LogP contribution in [0.4, 0.5) is 0 Å². The second-order valence-corrected chi connectivity index (χ2v) is 12.8. The number of benzene rings is 4. The Morgan fingerprint density at radius 3 is 1.51 bits per heavy atom. The van der Waals surface area contributed by atoms with Gasteiger partial charge in [-0.15, -0.1) is 0 Å². The molecule has 1 aliphatic rings. The Bertz CT molecular complexity index is 1700. The molecule has 9 heteroatoms. The number of carbonyl (C=O) groups excluding carboxylic acids is 2. The molecule has 1 aliphatic carbocycles. The van der Waals surface area contributed by atoms with Crippen molar-refractivity contribution < 1.29 is 29.0 Å². The molecule has 0 saturated heterocycles. The molecule has 0 spiro atoms. The quantitative estimate of drug-likeness (QED) is 0.139. The lowest BCUT2D eigenvalue weighted by Crippen LogP contribution is -2.74. The molecular formula is C40H45N3O6. The van der Waals surface area contributed by atoms with Gasteiger partial charge in [0.1, 0.15) is 23.0 Å². The molecule has 0 aliphatic heterocycles. The van der Waals surface area contributed by atoms with Crippen LogP contribution < -0.4 is 15.2 Å². The van der Waals surface area contributed by atoms with Gasteiger partial charge in [0.25, 0.3) is 0 Å². The number of para-hydroxylation sites is 2. The summed E-state index contributed by atoms with van der Waals surface area (Å²) in [5, 5.41) is 10.2. The van der Waals surface area contributed by atoms with Crippen LogP contribution in [0.5, 0.6) is 23.0 Å². The number of nitrogens with zero attached hydrogens (tertiary/aromatic N) is 2. The maximum atomic E-state index is 14.4. The van der Waals surface area contributed by atoms with Crippen LogP contribution in [0.15, 0.2) is 109 Å². The molecule has 3 N–H and O–H groups in total. The lowest BCUT2D eigenvalue weighted by molar-refractivity contribution is -0.185. The number of carboxylic acid groups (broad SMARTS) is 1. The van der Waals surface area contributed by atoms with E-state index >= 15 is 0 Å². The van der Waals surface area contributed by atoms with Crippen LogP contribution in [-0.2, 0) is 27.5 Å². The number of hydrogen-bond donors (Lipinski definition) is 2. The summed E-state index contributed by atoms with van der Waals surface area (Å²) in [7, 11) is 0. The third-order valence-electron chi connectivity index (χ3n) is 9.23. The first-order valence-corrected chi connectivity index (χ1v) is 16.9. The Kier molecular flexibility index (Phi) is 11.4. The molecule has 4 atom stereocenters. The molecule has 49 heavy (non-hydrogen) atoms. The number of carbonyl (C=O) groups is 3. The Morgan fingerprint density at radius 2 is 1.08 bits per heavy atom. The van der Waals surface area contributed by atoms with E-state index in [2.05, 4.69) is 0 Å². The highest BCUT2D eigenvalue weighted by atomic mass is 16.5. The third-order valence-corrected chi connectivity index (χ3v) is 9.23. The minimum atomic E-state index is -1.40. The molecule has 5 rings (SSSR count). The van der Waals surface area contributed by atoms with Crippen LogP contribution in [0.2, 0.25) is 0 Å². The monoisotopic (exact) mass is 663 g/mol. The van der Waals surface area contributed by atoms with Gasteiger partial charge in [0.2, 0.25) is 11.8 Å². The molecule has 256 valence electrons. The van der Waals surface area contributed by atoms with E-state index in [0.717, 1.165) is 16.9 Å². The normalized spacial score (nSPS) is 19.7. The number of amides is 2. The zero-order valence-corrected chi connectivity index (χ0v) is 28.3. The van der Waals surface area contributed by atoms with Gasteiger partial charge in [-0.25, -0.2) is 0 Å². The molecular weight excluding hydrogens is 618 g/mol. The molecule has 4 unspecified atom stereocenters. The van der Waals surface area contributed by atoms with E-state index in [1.165, 1.54) is 0 Å². The number of ether oxygens (including phenoxy) is 2. The molecule has 9 nitrogen and oxygen atoms in total. The van der Waals surface area contributed by atoms with Crippen molar-refractivity contribution in [2.24, 2.45) is 23.0 Å². The number of rotatable bonds is 15. The highest BCUT2D eigenvalue weighted by Gasteiger charge is 2.68. The smallest absolute Gasteiger partial charge is 0.308 e. The molecule has 1 fully saturated rings. The minimum absolute atomic E-state index is 0.261. The van der Waals surface area contributed by atoms with E-state index in [9.17, 15) is 19.5 Å². The van der Waals surface area contributed by atoms with Gasteiger partial charge >= 0.3 is 5.97 Å². The van der Waals surface area contributed by atoms with E-state index in [1.807, 2.05) is 123 Å². The van der Waals surface area contributed by atoms with Crippen LogP contribution in [-0.4, -0.2) is 51.8 Å². The average Bonchev–Trinajstić information content (AvgIpc) is 3.11.